The molecule has 4 heteroatoms. The molecular weight excluding hydrogens is 207 g/mol. The highest BCUT2D eigenvalue weighted by Crippen LogP contribution is 2.37. The van der Waals surface area contributed by atoms with Crippen LogP contribution in [0, 0.1) is 17.7 Å². The van der Waals surface area contributed by atoms with E-state index >= 15 is 0 Å². The van der Waals surface area contributed by atoms with E-state index in [1.165, 1.54) is 12.1 Å². The van der Waals surface area contributed by atoms with Crippen molar-refractivity contribution in [3.05, 3.63) is 24.0 Å². The minimum atomic E-state index is -0.503. The van der Waals surface area contributed by atoms with E-state index in [9.17, 15) is 9.18 Å². The summed E-state index contributed by atoms with van der Waals surface area (Å²) in [6.45, 7) is 1.90. The Bertz CT molecular complexity index is 415. The minimum Gasteiger partial charge on any atom is -0.396 e. The first-order chi connectivity index (χ1) is 7.58. The fourth-order valence-corrected chi connectivity index (χ4v) is 1.67. The Morgan fingerprint density at radius 1 is 1.56 bits per heavy atom. The van der Waals surface area contributed by atoms with E-state index in [0.717, 1.165) is 12.8 Å². The summed E-state index contributed by atoms with van der Waals surface area (Å²) in [6.07, 6.45) is 2.23. The molecule has 2 rings (SSSR count). The largest absolute Gasteiger partial charge is 0.396 e. The number of benzene rings is 1. The van der Waals surface area contributed by atoms with Crippen molar-refractivity contribution in [2.24, 2.45) is 11.8 Å². The Labute approximate surface area is 93.8 Å². The fourth-order valence-electron chi connectivity index (χ4n) is 1.67. The first-order valence-electron chi connectivity index (χ1n) is 5.44. The summed E-state index contributed by atoms with van der Waals surface area (Å²) in [6, 6.07) is 4.30. The molecule has 3 nitrogen and oxygen atoms in total. The number of nitrogen functional groups attached to an aromatic ring is 1. The lowest BCUT2D eigenvalue weighted by molar-refractivity contribution is -0.119. The van der Waals surface area contributed by atoms with Crippen LogP contribution in [0.1, 0.15) is 19.8 Å². The lowest BCUT2D eigenvalue weighted by Crippen LogP contribution is -2.21. The number of nitrogens with one attached hydrogen (secondary N) is 1. The van der Waals surface area contributed by atoms with Gasteiger partial charge in [0.25, 0.3) is 0 Å². The van der Waals surface area contributed by atoms with E-state index in [-0.39, 0.29) is 17.5 Å². The number of carbonyl (C=O) groups excluding carboxylic acids is 1. The Balaban J connectivity index is 2.02. The maximum absolute atomic E-state index is 13.1. The van der Waals surface area contributed by atoms with Crippen LogP contribution in [0.5, 0.6) is 0 Å². The lowest BCUT2D eigenvalue weighted by atomic mass is 10.1. The standard InChI is InChI=1S/C12H15FN2O/c1-7(8-2-3-8)12(16)15-9-4-5-11(14)10(13)6-9/h4-8H,2-3,14H2,1H3,(H,15,16). The zero-order chi connectivity index (χ0) is 11.7. The second kappa shape index (κ2) is 4.12. The SMILES string of the molecule is CC(C(=O)Nc1ccc(N)c(F)c1)C1CC1. The molecule has 0 aromatic heterocycles. The van der Waals surface area contributed by atoms with Gasteiger partial charge in [0.05, 0.1) is 5.69 Å². The summed E-state index contributed by atoms with van der Waals surface area (Å²) in [7, 11) is 0. The van der Waals surface area contributed by atoms with Gasteiger partial charge in [-0.05, 0) is 37.0 Å². The number of amides is 1. The number of rotatable bonds is 3. The molecule has 86 valence electrons. The molecular formula is C12H15FN2O. The topological polar surface area (TPSA) is 55.1 Å². The van der Waals surface area contributed by atoms with E-state index in [2.05, 4.69) is 5.32 Å². The maximum atomic E-state index is 13.1. The molecule has 1 aliphatic rings. The molecule has 1 aromatic carbocycles. The molecule has 0 bridgehead atoms. The highest BCUT2D eigenvalue weighted by Gasteiger charge is 2.32. The summed E-state index contributed by atoms with van der Waals surface area (Å²) in [5.41, 5.74) is 5.90. The van der Waals surface area contributed by atoms with E-state index in [1.807, 2.05) is 6.92 Å². The average molecular weight is 222 g/mol. The van der Waals surface area contributed by atoms with Gasteiger partial charge in [0.15, 0.2) is 0 Å². The molecule has 0 spiro atoms. The van der Waals surface area contributed by atoms with Crippen LogP contribution in [0.3, 0.4) is 0 Å². The van der Waals surface area contributed by atoms with Crippen molar-refractivity contribution in [1.82, 2.24) is 0 Å². The third-order valence-electron chi connectivity index (χ3n) is 3.01. The molecule has 1 aromatic rings. The van der Waals surface area contributed by atoms with Crippen LogP contribution in [0.25, 0.3) is 0 Å². The third-order valence-corrected chi connectivity index (χ3v) is 3.01. The van der Waals surface area contributed by atoms with Gasteiger partial charge in [-0.3, -0.25) is 4.79 Å². The van der Waals surface area contributed by atoms with Gasteiger partial charge in [-0.2, -0.15) is 0 Å². The zero-order valence-electron chi connectivity index (χ0n) is 9.16. The predicted octanol–water partition coefficient (Wildman–Crippen LogP) is 2.39. The van der Waals surface area contributed by atoms with E-state index < -0.39 is 5.82 Å². The van der Waals surface area contributed by atoms with Gasteiger partial charge in [0.1, 0.15) is 5.82 Å². The molecule has 16 heavy (non-hydrogen) atoms. The van der Waals surface area contributed by atoms with E-state index in [1.54, 1.807) is 6.07 Å². The summed E-state index contributed by atoms with van der Waals surface area (Å²) in [5, 5.41) is 2.70. The number of carbonyl (C=O) groups is 1. The van der Waals surface area contributed by atoms with Crippen molar-refractivity contribution in [1.29, 1.82) is 0 Å². The number of anilines is 2. The first-order valence-corrected chi connectivity index (χ1v) is 5.44. The van der Waals surface area contributed by atoms with Crippen LogP contribution in [0.15, 0.2) is 18.2 Å². The Morgan fingerprint density at radius 2 is 2.25 bits per heavy atom. The molecule has 1 aliphatic carbocycles. The van der Waals surface area contributed by atoms with Crippen LogP contribution in [-0.2, 0) is 4.79 Å². The molecule has 1 atom stereocenters. The lowest BCUT2D eigenvalue weighted by Gasteiger charge is -2.11. The molecule has 0 radical (unpaired) electrons. The van der Waals surface area contributed by atoms with Gasteiger partial charge in [0, 0.05) is 11.6 Å². The molecule has 0 aliphatic heterocycles. The first kappa shape index (κ1) is 10.9. The average Bonchev–Trinajstić information content (AvgIpc) is 3.06. The molecule has 1 saturated carbocycles. The maximum Gasteiger partial charge on any atom is 0.227 e. The molecule has 1 amide bonds. The van der Waals surface area contributed by atoms with Crippen molar-refractivity contribution in [3.8, 4) is 0 Å². The van der Waals surface area contributed by atoms with E-state index in [0.29, 0.717) is 11.6 Å². The van der Waals surface area contributed by atoms with Crippen LogP contribution in [-0.4, -0.2) is 5.91 Å². The summed E-state index contributed by atoms with van der Waals surface area (Å²) < 4.78 is 13.1. The molecule has 1 fully saturated rings. The molecule has 0 heterocycles. The highest BCUT2D eigenvalue weighted by atomic mass is 19.1. The Hall–Kier alpha value is -1.58. The molecule has 0 saturated heterocycles. The second-order valence-electron chi connectivity index (χ2n) is 4.35. The van der Waals surface area contributed by atoms with Gasteiger partial charge < -0.3 is 11.1 Å². The van der Waals surface area contributed by atoms with Crippen LogP contribution in [0.2, 0.25) is 0 Å². The zero-order valence-corrected chi connectivity index (χ0v) is 9.16. The Morgan fingerprint density at radius 3 is 2.81 bits per heavy atom. The quantitative estimate of drug-likeness (QED) is 0.771. The normalized spacial score (nSPS) is 16.9. The molecule has 3 N–H and O–H groups in total. The second-order valence-corrected chi connectivity index (χ2v) is 4.35. The van der Waals surface area contributed by atoms with Gasteiger partial charge in [-0.15, -0.1) is 0 Å². The fraction of sp³-hybridized carbons (Fsp3) is 0.417. The van der Waals surface area contributed by atoms with Crippen LogP contribution >= 0.6 is 0 Å². The third kappa shape index (κ3) is 2.32. The van der Waals surface area contributed by atoms with Gasteiger partial charge in [-0.1, -0.05) is 6.92 Å². The summed E-state index contributed by atoms with van der Waals surface area (Å²) >= 11 is 0. The van der Waals surface area contributed by atoms with Crippen molar-refractivity contribution in [2.45, 2.75) is 19.8 Å². The number of hydrogen-bond acceptors (Lipinski definition) is 2. The Kier molecular flexibility index (Phi) is 2.81. The smallest absolute Gasteiger partial charge is 0.227 e. The minimum absolute atomic E-state index is 0.000569. The highest BCUT2D eigenvalue weighted by molar-refractivity contribution is 5.92. The van der Waals surface area contributed by atoms with Gasteiger partial charge in [-0.25, -0.2) is 4.39 Å². The van der Waals surface area contributed by atoms with E-state index in [4.69, 9.17) is 5.73 Å². The predicted molar refractivity (Wildman–Crippen MR) is 61.3 cm³/mol. The van der Waals surface area contributed by atoms with Crippen molar-refractivity contribution >= 4 is 17.3 Å². The van der Waals surface area contributed by atoms with Gasteiger partial charge >= 0.3 is 0 Å². The number of nitrogens with two attached hydrogens (primary N) is 1. The molecule has 1 unspecified atom stereocenters. The van der Waals surface area contributed by atoms with Gasteiger partial charge in [0.2, 0.25) is 5.91 Å². The number of halogens is 1. The van der Waals surface area contributed by atoms with Crippen LogP contribution < -0.4 is 11.1 Å². The summed E-state index contributed by atoms with van der Waals surface area (Å²) in [5.74, 6) is -0.0530. The van der Waals surface area contributed by atoms with Crippen LogP contribution in [0.4, 0.5) is 15.8 Å². The van der Waals surface area contributed by atoms with Crippen molar-refractivity contribution in [3.63, 3.8) is 0 Å². The number of hydrogen-bond donors (Lipinski definition) is 2. The van der Waals surface area contributed by atoms with Crippen molar-refractivity contribution in [2.75, 3.05) is 11.1 Å². The monoisotopic (exact) mass is 222 g/mol. The summed E-state index contributed by atoms with van der Waals surface area (Å²) in [4.78, 5) is 11.7. The van der Waals surface area contributed by atoms with Crippen molar-refractivity contribution < 1.29 is 9.18 Å².